The SMILES string of the molecule is CC[C@@H]1C(=O)N(C)c2cnc(Cc3ccc(C(=O)NCCCCCCC(=O)Nc4cccc5c4CN(C4CCC(=O)NC4=O)C5=O)cc3OC)nc2N1Cc1ccc(Br)cc1.Cl. The Morgan fingerprint density at radius 2 is 1.77 bits per heavy atom. The number of unbranched alkanes of at least 4 members (excludes halogenated alkanes) is 3. The smallest absolute Gasteiger partial charge is 0.255 e. The van der Waals surface area contributed by atoms with Crippen molar-refractivity contribution in [2.75, 3.05) is 35.8 Å². The Kier molecular flexibility index (Phi) is 15.0. The Labute approximate surface area is 374 Å². The van der Waals surface area contributed by atoms with E-state index in [1.54, 1.807) is 55.6 Å². The van der Waals surface area contributed by atoms with E-state index >= 15 is 0 Å². The molecule has 1 aromatic heterocycles. The van der Waals surface area contributed by atoms with Crippen LogP contribution in [0.2, 0.25) is 0 Å². The van der Waals surface area contributed by atoms with Gasteiger partial charge in [0.2, 0.25) is 23.6 Å². The van der Waals surface area contributed by atoms with Crippen LogP contribution in [0, 0.1) is 0 Å². The lowest BCUT2D eigenvalue weighted by atomic mass is 10.0. The van der Waals surface area contributed by atoms with E-state index in [4.69, 9.17) is 9.72 Å². The van der Waals surface area contributed by atoms with E-state index in [2.05, 4.69) is 41.8 Å². The van der Waals surface area contributed by atoms with Crippen LogP contribution in [0.3, 0.4) is 0 Å². The van der Waals surface area contributed by atoms with Crippen LogP contribution in [-0.4, -0.2) is 83.1 Å². The van der Waals surface area contributed by atoms with Crippen molar-refractivity contribution in [2.45, 2.75) is 89.9 Å². The summed E-state index contributed by atoms with van der Waals surface area (Å²) in [5.41, 5.74) is 4.62. The molecule has 1 unspecified atom stereocenters. The molecule has 0 radical (unpaired) electrons. The predicted octanol–water partition coefficient (Wildman–Crippen LogP) is 6.10. The van der Waals surface area contributed by atoms with E-state index < -0.39 is 11.9 Å². The average Bonchev–Trinajstić information content (AvgIpc) is 3.59. The number of aromatic nitrogens is 2. The number of ether oxygens (including phenoxy) is 1. The van der Waals surface area contributed by atoms with E-state index in [0.29, 0.717) is 84.2 Å². The second-order valence-electron chi connectivity index (χ2n) is 15.5. The summed E-state index contributed by atoms with van der Waals surface area (Å²) in [7, 11) is 3.32. The minimum Gasteiger partial charge on any atom is -0.496 e. The van der Waals surface area contributed by atoms with Gasteiger partial charge in [-0.15, -0.1) is 12.4 Å². The van der Waals surface area contributed by atoms with Gasteiger partial charge in [0.05, 0.1) is 13.3 Å². The molecule has 3 N–H and O–H groups in total. The summed E-state index contributed by atoms with van der Waals surface area (Å²) < 4.78 is 6.69. The number of piperidine rings is 1. The van der Waals surface area contributed by atoms with Crippen molar-refractivity contribution < 1.29 is 33.5 Å². The quantitative estimate of drug-likeness (QED) is 0.0877. The third kappa shape index (κ3) is 10.1. The number of imide groups is 1. The maximum Gasteiger partial charge on any atom is 0.255 e. The first kappa shape index (κ1) is 45.7. The topological polar surface area (TPSA) is 183 Å². The molecule has 2 atom stereocenters. The van der Waals surface area contributed by atoms with Crippen LogP contribution in [0.1, 0.15) is 102 Å². The van der Waals surface area contributed by atoms with Gasteiger partial charge >= 0.3 is 0 Å². The first-order valence-corrected chi connectivity index (χ1v) is 21.4. The van der Waals surface area contributed by atoms with Crippen molar-refractivity contribution in [2.24, 2.45) is 0 Å². The molecule has 3 aromatic carbocycles. The number of amides is 6. The van der Waals surface area contributed by atoms with Gasteiger partial charge in [-0.25, -0.2) is 9.97 Å². The number of carbonyl (C=O) groups excluding carboxylic acids is 6. The van der Waals surface area contributed by atoms with Crippen LogP contribution in [-0.2, 0) is 38.7 Å². The molecule has 0 spiro atoms. The van der Waals surface area contributed by atoms with Crippen LogP contribution in [0.25, 0.3) is 0 Å². The second kappa shape index (κ2) is 20.3. The predicted molar refractivity (Wildman–Crippen MR) is 239 cm³/mol. The Hall–Kier alpha value is -5.87. The summed E-state index contributed by atoms with van der Waals surface area (Å²) in [6.07, 6.45) is 6.40. The van der Waals surface area contributed by atoms with Crippen LogP contribution < -0.4 is 30.5 Å². The number of hydrogen-bond donors (Lipinski definition) is 3. The fourth-order valence-electron chi connectivity index (χ4n) is 8.11. The zero-order valence-electron chi connectivity index (χ0n) is 34.9. The fraction of sp³-hybridized carbons (Fsp3) is 0.378. The van der Waals surface area contributed by atoms with E-state index in [-0.39, 0.29) is 67.4 Å². The van der Waals surface area contributed by atoms with Gasteiger partial charge in [0, 0.05) is 78.4 Å². The van der Waals surface area contributed by atoms with Gasteiger partial charge < -0.3 is 30.1 Å². The molecule has 326 valence electrons. The molecular formula is C45H50BrClN8O7. The number of nitrogens with one attached hydrogen (secondary N) is 3. The van der Waals surface area contributed by atoms with Gasteiger partial charge in [0.1, 0.15) is 29.3 Å². The zero-order valence-corrected chi connectivity index (χ0v) is 37.3. The third-order valence-corrected chi connectivity index (χ3v) is 12.0. The molecule has 15 nitrogen and oxygen atoms in total. The summed E-state index contributed by atoms with van der Waals surface area (Å²) in [5, 5.41) is 8.22. The number of carbonyl (C=O) groups is 6. The van der Waals surface area contributed by atoms with Crippen LogP contribution >= 0.6 is 28.3 Å². The number of anilines is 3. The summed E-state index contributed by atoms with van der Waals surface area (Å²) in [5.74, 6) is 0.277. The van der Waals surface area contributed by atoms with Crippen LogP contribution in [0.4, 0.5) is 17.2 Å². The van der Waals surface area contributed by atoms with E-state index in [9.17, 15) is 28.8 Å². The van der Waals surface area contributed by atoms with Gasteiger partial charge in [-0.2, -0.15) is 0 Å². The Bertz CT molecular complexity index is 2360. The summed E-state index contributed by atoms with van der Waals surface area (Å²) >= 11 is 3.50. The molecule has 4 heterocycles. The molecule has 17 heteroatoms. The molecule has 3 aliphatic rings. The maximum absolute atomic E-state index is 13.3. The molecule has 4 aromatic rings. The normalized spacial score (nSPS) is 16.9. The van der Waals surface area contributed by atoms with E-state index in [1.807, 2.05) is 37.3 Å². The lowest BCUT2D eigenvalue weighted by Gasteiger charge is -2.40. The van der Waals surface area contributed by atoms with Gasteiger partial charge in [0.15, 0.2) is 5.82 Å². The van der Waals surface area contributed by atoms with Gasteiger partial charge in [-0.1, -0.05) is 60.0 Å². The van der Waals surface area contributed by atoms with Crippen LogP contribution in [0.5, 0.6) is 5.75 Å². The van der Waals surface area contributed by atoms with E-state index in [0.717, 1.165) is 34.9 Å². The molecule has 0 saturated carbocycles. The maximum atomic E-state index is 13.3. The first-order valence-electron chi connectivity index (χ1n) is 20.6. The standard InChI is InChI=1S/C45H49BrN8O7.ClH/c1-4-34-45(60)52(2)36-24-48-38(50-41(36)53(34)25-27-13-17-30(46)18-14-27)23-28-15-16-29(22-37(28)61-3)42(57)47-21-8-6-5-7-12-39(55)49-33-11-9-10-31-32(33)26-54(44(31)59)35-19-20-40(56)51-43(35)58;/h9-11,13-18,22,24,34-35H,4-8,12,19-21,23,25-26H2,1-3H3,(H,47,57)(H,49,55)(H,51,56,58);1H/t34-,35?;/m1./s1. The van der Waals surface area contributed by atoms with Crippen molar-refractivity contribution in [1.82, 2.24) is 25.5 Å². The highest BCUT2D eigenvalue weighted by Gasteiger charge is 2.40. The molecule has 1 fully saturated rings. The fourth-order valence-corrected chi connectivity index (χ4v) is 8.37. The average molecular weight is 930 g/mol. The molecule has 0 bridgehead atoms. The summed E-state index contributed by atoms with van der Waals surface area (Å²) in [6, 6.07) is 17.4. The number of nitrogens with zero attached hydrogens (tertiary/aromatic N) is 5. The van der Waals surface area contributed by atoms with Crippen molar-refractivity contribution in [3.63, 3.8) is 0 Å². The molecule has 3 aliphatic heterocycles. The number of halogens is 2. The monoisotopic (exact) mass is 928 g/mol. The van der Waals surface area contributed by atoms with Crippen molar-refractivity contribution >= 4 is 81.0 Å². The lowest BCUT2D eigenvalue weighted by molar-refractivity contribution is -0.137. The van der Waals surface area contributed by atoms with Crippen molar-refractivity contribution in [3.8, 4) is 5.75 Å². The van der Waals surface area contributed by atoms with Crippen molar-refractivity contribution in [3.05, 3.63) is 105 Å². The summed E-state index contributed by atoms with van der Waals surface area (Å²) in [4.78, 5) is 91.2. The largest absolute Gasteiger partial charge is 0.496 e. The lowest BCUT2D eigenvalue weighted by Crippen LogP contribution is -2.52. The number of methoxy groups -OCH3 is 1. The third-order valence-electron chi connectivity index (χ3n) is 11.4. The minimum atomic E-state index is -0.726. The van der Waals surface area contributed by atoms with Crippen molar-refractivity contribution in [1.29, 1.82) is 0 Å². The molecular weight excluding hydrogens is 880 g/mol. The second-order valence-corrected chi connectivity index (χ2v) is 16.4. The summed E-state index contributed by atoms with van der Waals surface area (Å²) in [6.45, 7) is 3.16. The molecule has 6 amide bonds. The Balaban J connectivity index is 0.00000641. The van der Waals surface area contributed by atoms with Gasteiger partial charge in [0.25, 0.3) is 11.8 Å². The molecule has 62 heavy (non-hydrogen) atoms. The van der Waals surface area contributed by atoms with Gasteiger partial charge in [-0.05, 0) is 67.6 Å². The molecule has 7 rings (SSSR count). The number of fused-ring (bicyclic) bond motifs is 2. The number of benzene rings is 3. The Morgan fingerprint density at radius 1 is 1.00 bits per heavy atom. The number of rotatable bonds is 16. The highest BCUT2D eigenvalue weighted by molar-refractivity contribution is 9.10. The van der Waals surface area contributed by atoms with E-state index in [1.165, 1.54) is 4.90 Å². The minimum absolute atomic E-state index is 0. The highest BCUT2D eigenvalue weighted by Crippen LogP contribution is 2.36. The zero-order chi connectivity index (χ0) is 43.2. The molecule has 1 saturated heterocycles. The van der Waals surface area contributed by atoms with Crippen LogP contribution in [0.15, 0.2) is 71.3 Å². The van der Waals surface area contributed by atoms with Gasteiger partial charge in [-0.3, -0.25) is 34.1 Å². The number of likely N-dealkylation sites (N-methyl/N-ethyl adjacent to an activating group) is 1. The highest BCUT2D eigenvalue weighted by atomic mass is 79.9. The Morgan fingerprint density at radius 3 is 2.52 bits per heavy atom. The first-order chi connectivity index (χ1) is 29.4. The number of hydrogen-bond acceptors (Lipinski definition) is 10. The molecule has 0 aliphatic carbocycles.